The van der Waals surface area contributed by atoms with Gasteiger partial charge in [-0.15, -0.1) is 6.42 Å². The van der Waals surface area contributed by atoms with Crippen molar-refractivity contribution in [3.05, 3.63) is 108 Å². The van der Waals surface area contributed by atoms with Gasteiger partial charge in [0.1, 0.15) is 23.7 Å². The van der Waals surface area contributed by atoms with Crippen LogP contribution < -0.4 is 10.6 Å². The molecule has 2 aromatic heterocycles. The average Bonchev–Trinajstić information content (AvgIpc) is 3.87. The Balaban J connectivity index is 1.12. The minimum absolute atomic E-state index is 0.0231. The van der Waals surface area contributed by atoms with Gasteiger partial charge in [0.05, 0.1) is 56.5 Å². The van der Waals surface area contributed by atoms with E-state index in [0.29, 0.717) is 18.2 Å². The van der Waals surface area contributed by atoms with Gasteiger partial charge in [-0.2, -0.15) is 0 Å². The largest absolute Gasteiger partial charge is 0.453 e. The first-order valence-electron chi connectivity index (χ1n) is 21.4. The van der Waals surface area contributed by atoms with Gasteiger partial charge >= 0.3 is 6.09 Å². The van der Waals surface area contributed by atoms with Crippen LogP contribution in [0.2, 0.25) is 0 Å². The number of methoxy groups -OCH3 is 2. The Morgan fingerprint density at radius 3 is 1.73 bits per heavy atom. The number of benzene rings is 3. The number of ether oxygens (including phenoxy) is 2. The molecular formula is C49H58N8O6. The number of terminal acetylenes is 1. The third-order valence-corrected chi connectivity index (χ3v) is 10.9. The maximum atomic E-state index is 14.1. The number of H-pyrrole nitrogens is 2. The summed E-state index contributed by atoms with van der Waals surface area (Å²) in [6.07, 6.45) is 10.3. The Kier molecular flexibility index (Phi) is 15.5. The third kappa shape index (κ3) is 12.2. The van der Waals surface area contributed by atoms with E-state index in [9.17, 15) is 19.2 Å². The summed E-state index contributed by atoms with van der Waals surface area (Å²) >= 11 is 0. The molecule has 14 nitrogen and oxygen atoms in total. The highest BCUT2D eigenvalue weighted by Gasteiger charge is 2.35. The number of nitrogens with zero attached hydrogens (tertiary/aromatic N) is 4. The number of alkyl carbamates (subject to hydrolysis) is 1. The molecule has 6 rings (SSSR count). The fourth-order valence-electron chi connectivity index (χ4n) is 7.37. The second kappa shape index (κ2) is 21.4. The molecule has 0 bridgehead atoms. The van der Waals surface area contributed by atoms with Crippen LogP contribution in [0.1, 0.15) is 63.8 Å². The predicted octanol–water partition coefficient (Wildman–Crippen LogP) is 6.99. The molecule has 14 heteroatoms. The van der Waals surface area contributed by atoms with Crippen LogP contribution in [0.3, 0.4) is 0 Å². The van der Waals surface area contributed by atoms with Gasteiger partial charge in [-0.25, -0.2) is 14.8 Å². The number of hydrogen-bond donors (Lipinski definition) is 4. The van der Waals surface area contributed by atoms with Crippen LogP contribution in [0.4, 0.5) is 4.79 Å². The van der Waals surface area contributed by atoms with Crippen molar-refractivity contribution in [1.82, 2.24) is 40.4 Å². The zero-order valence-corrected chi connectivity index (χ0v) is 36.9. The van der Waals surface area contributed by atoms with E-state index in [0.717, 1.165) is 52.0 Å². The summed E-state index contributed by atoms with van der Waals surface area (Å²) in [5.74, 6) is 2.95. The lowest BCUT2D eigenvalue weighted by molar-refractivity contribution is -0.138. The van der Waals surface area contributed by atoms with Gasteiger partial charge in [0.15, 0.2) is 0 Å². The van der Waals surface area contributed by atoms with Gasteiger partial charge < -0.3 is 39.9 Å². The van der Waals surface area contributed by atoms with Crippen LogP contribution in [0, 0.1) is 36.0 Å². The minimum atomic E-state index is -0.832. The standard InChI is InChI=1S/C49H58N8O6/c1-8-33(30-62-6)27-57(47(59)44(32(4)5)55-49(61)63-7)29-43-51-25-41(53-43)37-20-16-35(17-21-37)34-14-18-36(19-15-34)40-24-50-42(52-40)28-56(26-31(2)3)48(60)45(38-12-10-9-11-13-38)54-46(58)39-22-23-39/h1,9-21,24-25,31-33,39,44-45H,22-23,26-30H2,2-7H3,(H,50,52)(H,51,53)(H,54,58)(H,55,61)/t33-,44-,45+/m0/s1. The van der Waals surface area contributed by atoms with Crippen molar-refractivity contribution in [3.63, 3.8) is 0 Å². The lowest BCUT2D eigenvalue weighted by atomic mass is 10.0. The number of imidazole rings is 2. The van der Waals surface area contributed by atoms with Crippen LogP contribution in [0.5, 0.6) is 0 Å². The molecule has 3 aromatic carbocycles. The highest BCUT2D eigenvalue weighted by Crippen LogP contribution is 2.31. The molecule has 4 N–H and O–H groups in total. The molecule has 1 aliphatic carbocycles. The number of carbonyl (C=O) groups is 4. The molecule has 0 radical (unpaired) electrons. The smallest absolute Gasteiger partial charge is 0.407 e. The van der Waals surface area contributed by atoms with E-state index in [1.807, 2.05) is 80.6 Å². The van der Waals surface area contributed by atoms with Gasteiger partial charge in [0.25, 0.3) is 0 Å². The van der Waals surface area contributed by atoms with Crippen molar-refractivity contribution in [2.45, 2.75) is 65.7 Å². The topological polar surface area (TPSA) is 175 Å². The molecule has 1 saturated carbocycles. The summed E-state index contributed by atoms with van der Waals surface area (Å²) < 4.78 is 10.1. The molecular weight excluding hydrogens is 797 g/mol. The van der Waals surface area contributed by atoms with Gasteiger partial charge in [-0.3, -0.25) is 14.4 Å². The molecule has 0 spiro atoms. The van der Waals surface area contributed by atoms with Crippen molar-refractivity contribution < 1.29 is 28.7 Å². The number of rotatable bonds is 20. The molecule has 1 aliphatic rings. The number of aromatic nitrogens is 4. The van der Waals surface area contributed by atoms with Gasteiger partial charge in [-0.05, 0) is 52.5 Å². The summed E-state index contributed by atoms with van der Waals surface area (Å²) in [7, 11) is 2.81. The Hall–Kier alpha value is -6.72. The Bertz CT molecular complexity index is 2340. The summed E-state index contributed by atoms with van der Waals surface area (Å²) in [5, 5.41) is 5.68. The van der Waals surface area contributed by atoms with E-state index in [1.165, 1.54) is 7.11 Å². The highest BCUT2D eigenvalue weighted by molar-refractivity contribution is 5.90. The Morgan fingerprint density at radius 1 is 0.746 bits per heavy atom. The fraction of sp³-hybridized carbons (Fsp3) is 0.388. The van der Waals surface area contributed by atoms with Crippen molar-refractivity contribution >= 4 is 23.8 Å². The first kappa shape index (κ1) is 45.8. The van der Waals surface area contributed by atoms with Crippen LogP contribution in [0.25, 0.3) is 33.6 Å². The predicted molar refractivity (Wildman–Crippen MR) is 241 cm³/mol. The minimum Gasteiger partial charge on any atom is -0.453 e. The molecule has 63 heavy (non-hydrogen) atoms. The molecule has 1 fully saturated rings. The zero-order chi connectivity index (χ0) is 45.0. The highest BCUT2D eigenvalue weighted by atomic mass is 16.5. The van der Waals surface area contributed by atoms with E-state index < -0.39 is 18.2 Å². The van der Waals surface area contributed by atoms with Crippen molar-refractivity contribution in [1.29, 1.82) is 0 Å². The first-order valence-corrected chi connectivity index (χ1v) is 21.4. The quantitative estimate of drug-likeness (QED) is 0.0607. The van der Waals surface area contributed by atoms with Crippen LogP contribution in [0.15, 0.2) is 91.3 Å². The number of hydrogen-bond acceptors (Lipinski definition) is 8. The number of nitrogens with one attached hydrogen (secondary N) is 4. The summed E-state index contributed by atoms with van der Waals surface area (Å²) in [6, 6.07) is 24.1. The Morgan fingerprint density at radius 2 is 1.27 bits per heavy atom. The second-order valence-corrected chi connectivity index (χ2v) is 16.8. The molecule has 330 valence electrons. The van der Waals surface area contributed by atoms with Gasteiger partial charge in [-0.1, -0.05) is 112 Å². The summed E-state index contributed by atoms with van der Waals surface area (Å²) in [6.45, 7) is 9.21. The van der Waals surface area contributed by atoms with Crippen molar-refractivity contribution in [2.24, 2.45) is 23.7 Å². The lowest BCUT2D eigenvalue weighted by Gasteiger charge is -2.30. The lowest BCUT2D eigenvalue weighted by Crippen LogP contribution is -2.52. The molecule has 4 amide bonds. The van der Waals surface area contributed by atoms with Crippen LogP contribution in [-0.2, 0) is 36.9 Å². The van der Waals surface area contributed by atoms with Crippen molar-refractivity contribution in [3.8, 4) is 46.0 Å². The van der Waals surface area contributed by atoms with E-state index in [2.05, 4.69) is 62.5 Å². The normalized spacial score (nSPS) is 13.8. The second-order valence-electron chi connectivity index (χ2n) is 16.8. The molecule has 3 atom stereocenters. The molecule has 0 aliphatic heterocycles. The first-order chi connectivity index (χ1) is 30.4. The maximum Gasteiger partial charge on any atom is 0.407 e. The third-order valence-electron chi connectivity index (χ3n) is 10.9. The molecule has 5 aromatic rings. The van der Waals surface area contributed by atoms with Crippen LogP contribution >= 0.6 is 0 Å². The van der Waals surface area contributed by atoms with E-state index in [1.54, 1.807) is 29.3 Å². The zero-order valence-electron chi connectivity index (χ0n) is 36.9. The van der Waals surface area contributed by atoms with E-state index in [4.69, 9.17) is 15.9 Å². The number of amides is 4. The monoisotopic (exact) mass is 854 g/mol. The average molecular weight is 855 g/mol. The van der Waals surface area contributed by atoms with Crippen molar-refractivity contribution in [2.75, 3.05) is 33.9 Å². The molecule has 0 unspecified atom stereocenters. The van der Waals surface area contributed by atoms with E-state index >= 15 is 0 Å². The Labute approximate surface area is 369 Å². The molecule has 0 saturated heterocycles. The summed E-state index contributed by atoms with van der Waals surface area (Å²) in [5.41, 5.74) is 6.27. The van der Waals surface area contributed by atoms with E-state index in [-0.39, 0.29) is 67.6 Å². The number of aromatic amines is 2. The van der Waals surface area contributed by atoms with Gasteiger partial charge in [0.2, 0.25) is 17.7 Å². The SMILES string of the molecule is C#C[C@H](COC)CN(Cc1ncc(-c2ccc(-c3ccc(-c4cnc(CN(CC(C)C)C(=O)[C@H](NC(=O)C5CC5)c5ccccc5)[nH]4)cc3)cc2)[nH]1)C(=O)[C@@H](NC(=O)OC)C(C)C. The number of carbonyl (C=O) groups excluding carboxylic acids is 4. The van der Waals surface area contributed by atoms with Crippen LogP contribution in [-0.4, -0.2) is 93.5 Å². The van der Waals surface area contributed by atoms with Gasteiger partial charge in [0, 0.05) is 26.1 Å². The maximum absolute atomic E-state index is 14.1. The molecule has 2 heterocycles. The fourth-order valence-corrected chi connectivity index (χ4v) is 7.37. The summed E-state index contributed by atoms with van der Waals surface area (Å²) in [4.78, 5) is 72.3.